The Labute approximate surface area is 155 Å². The number of allylic oxidation sites excluding steroid dienone is 1. The van der Waals surface area contributed by atoms with Gasteiger partial charge in [-0.05, 0) is 12.8 Å². The molecule has 1 saturated heterocycles. The number of nitrogens with zero attached hydrogens (tertiary/aromatic N) is 1. The molecule has 1 fully saturated rings. The summed E-state index contributed by atoms with van der Waals surface area (Å²) in [5, 5.41) is 0. The van der Waals surface area contributed by atoms with Crippen LogP contribution in [0.15, 0.2) is 12.3 Å². The van der Waals surface area contributed by atoms with Gasteiger partial charge in [0.05, 0.1) is 0 Å². The average Bonchev–Trinajstić information content (AvgIpc) is 2.93. The number of likely N-dealkylation sites (tertiary alicyclic amines) is 1. The number of unbranched alkanes of at least 4 members (excludes halogenated alkanes) is 14. The molecule has 25 heavy (non-hydrogen) atoms. The van der Waals surface area contributed by atoms with E-state index in [0.717, 1.165) is 12.8 Å². The van der Waals surface area contributed by atoms with Gasteiger partial charge in [0.1, 0.15) is 0 Å². The number of carbonyl (C=O) groups excluding carboxylic acids is 2. The van der Waals surface area contributed by atoms with Crippen LogP contribution in [0.4, 0.5) is 0 Å². The molecule has 144 valence electrons. The van der Waals surface area contributed by atoms with Crippen molar-refractivity contribution in [3.05, 3.63) is 12.3 Å². The predicted octanol–water partition coefficient (Wildman–Crippen LogP) is 6.52. The average molecular weight is 350 g/mol. The van der Waals surface area contributed by atoms with Crippen LogP contribution in [0, 0.1) is 0 Å². The molecule has 0 unspecified atom stereocenters. The van der Waals surface area contributed by atoms with Gasteiger partial charge in [-0.3, -0.25) is 14.5 Å². The van der Waals surface area contributed by atoms with Gasteiger partial charge in [0.25, 0.3) is 0 Å². The van der Waals surface area contributed by atoms with Gasteiger partial charge in [0, 0.05) is 19.0 Å². The van der Waals surface area contributed by atoms with Crippen molar-refractivity contribution in [3.63, 3.8) is 0 Å². The molecule has 0 aromatic carbocycles. The summed E-state index contributed by atoms with van der Waals surface area (Å²) in [4.78, 5) is 24.1. The van der Waals surface area contributed by atoms with Crippen LogP contribution in [0.3, 0.4) is 0 Å². The van der Waals surface area contributed by atoms with Crippen LogP contribution in [0.25, 0.3) is 0 Å². The third-order valence-corrected chi connectivity index (χ3v) is 5.07. The summed E-state index contributed by atoms with van der Waals surface area (Å²) in [6, 6.07) is 0. The number of amides is 2. The van der Waals surface area contributed by atoms with E-state index in [1.807, 2.05) is 6.08 Å². The second-order valence-corrected chi connectivity index (χ2v) is 7.43. The van der Waals surface area contributed by atoms with Crippen LogP contribution in [0.2, 0.25) is 0 Å². The highest BCUT2D eigenvalue weighted by Gasteiger charge is 2.26. The minimum atomic E-state index is -0.0535. The summed E-state index contributed by atoms with van der Waals surface area (Å²) in [6.07, 6.45) is 24.5. The molecule has 0 N–H and O–H groups in total. The maximum Gasteiger partial charge on any atom is 0.233 e. The van der Waals surface area contributed by atoms with Crippen LogP contribution in [0.1, 0.15) is 116 Å². The highest BCUT2D eigenvalue weighted by atomic mass is 16.2. The van der Waals surface area contributed by atoms with Crippen molar-refractivity contribution in [3.8, 4) is 0 Å². The second-order valence-electron chi connectivity index (χ2n) is 7.43. The van der Waals surface area contributed by atoms with Gasteiger partial charge in [-0.15, -0.1) is 0 Å². The van der Waals surface area contributed by atoms with Crippen molar-refractivity contribution < 1.29 is 9.59 Å². The Morgan fingerprint density at radius 1 is 0.680 bits per heavy atom. The SMILES string of the molecule is CCCCCCCCCCCCCCCC/C=C/N1C(=O)CCC1=O. The fraction of sp³-hybridized carbons (Fsp3) is 0.818. The number of rotatable bonds is 16. The Bertz CT molecular complexity index is 373. The second kappa shape index (κ2) is 15.2. The van der Waals surface area contributed by atoms with Crippen LogP contribution < -0.4 is 0 Å². The van der Waals surface area contributed by atoms with Crippen molar-refractivity contribution in [2.24, 2.45) is 0 Å². The van der Waals surface area contributed by atoms with Crippen LogP contribution in [-0.4, -0.2) is 16.7 Å². The molecule has 0 aromatic heterocycles. The van der Waals surface area contributed by atoms with E-state index in [4.69, 9.17) is 0 Å². The first-order valence-electron chi connectivity index (χ1n) is 10.8. The molecule has 1 heterocycles. The van der Waals surface area contributed by atoms with E-state index in [-0.39, 0.29) is 11.8 Å². The van der Waals surface area contributed by atoms with E-state index < -0.39 is 0 Å². The summed E-state index contributed by atoms with van der Waals surface area (Å²) < 4.78 is 0. The third kappa shape index (κ3) is 11.2. The lowest BCUT2D eigenvalue weighted by molar-refractivity contribution is -0.135. The molecule has 0 radical (unpaired) electrons. The molecule has 3 nitrogen and oxygen atoms in total. The zero-order chi connectivity index (χ0) is 18.2. The lowest BCUT2D eigenvalue weighted by Crippen LogP contribution is -2.22. The number of imide groups is 1. The maximum absolute atomic E-state index is 11.4. The van der Waals surface area contributed by atoms with E-state index >= 15 is 0 Å². The molecule has 0 atom stereocenters. The lowest BCUT2D eigenvalue weighted by atomic mass is 10.0. The van der Waals surface area contributed by atoms with Crippen LogP contribution in [0.5, 0.6) is 0 Å². The van der Waals surface area contributed by atoms with Gasteiger partial charge in [0.2, 0.25) is 11.8 Å². The van der Waals surface area contributed by atoms with Crippen molar-refractivity contribution in [1.29, 1.82) is 0 Å². The molecular weight excluding hydrogens is 310 g/mol. The molecule has 2 amide bonds. The fourth-order valence-electron chi connectivity index (χ4n) is 3.40. The molecule has 1 aliphatic rings. The van der Waals surface area contributed by atoms with E-state index in [1.165, 1.54) is 88.4 Å². The highest BCUT2D eigenvalue weighted by molar-refractivity contribution is 6.02. The van der Waals surface area contributed by atoms with Crippen LogP contribution >= 0.6 is 0 Å². The van der Waals surface area contributed by atoms with Gasteiger partial charge >= 0.3 is 0 Å². The van der Waals surface area contributed by atoms with Gasteiger partial charge in [0.15, 0.2) is 0 Å². The molecular formula is C22H39NO2. The van der Waals surface area contributed by atoms with Gasteiger partial charge in [-0.25, -0.2) is 0 Å². The Kier molecular flexibility index (Phi) is 13.3. The lowest BCUT2D eigenvalue weighted by Gasteiger charge is -2.06. The Morgan fingerprint density at radius 3 is 1.52 bits per heavy atom. The highest BCUT2D eigenvalue weighted by Crippen LogP contribution is 2.14. The Hall–Kier alpha value is -1.12. The van der Waals surface area contributed by atoms with E-state index in [9.17, 15) is 9.59 Å². The van der Waals surface area contributed by atoms with Crippen molar-refractivity contribution >= 4 is 11.8 Å². The summed E-state index contributed by atoms with van der Waals surface area (Å²) in [7, 11) is 0. The van der Waals surface area contributed by atoms with Gasteiger partial charge < -0.3 is 0 Å². The molecule has 0 aromatic rings. The largest absolute Gasteiger partial charge is 0.274 e. The fourth-order valence-corrected chi connectivity index (χ4v) is 3.40. The van der Waals surface area contributed by atoms with Crippen molar-refractivity contribution in [1.82, 2.24) is 4.90 Å². The quantitative estimate of drug-likeness (QED) is 0.235. The first-order chi connectivity index (χ1) is 12.3. The zero-order valence-corrected chi connectivity index (χ0v) is 16.4. The summed E-state index contributed by atoms with van der Waals surface area (Å²) in [5.74, 6) is -0.107. The Balaban J connectivity index is 1.79. The van der Waals surface area contributed by atoms with Gasteiger partial charge in [-0.2, -0.15) is 0 Å². The summed E-state index contributed by atoms with van der Waals surface area (Å²) in [6.45, 7) is 2.27. The third-order valence-electron chi connectivity index (χ3n) is 5.07. The maximum atomic E-state index is 11.4. The molecule has 0 spiro atoms. The van der Waals surface area contributed by atoms with Crippen molar-refractivity contribution in [2.75, 3.05) is 0 Å². The standard InChI is InChI=1S/C22H39NO2/c1-2-3-4-5-6-7-8-9-10-11-12-13-14-15-16-17-20-23-21(24)18-19-22(23)25/h17,20H,2-16,18-19H2,1H3/b20-17+. The monoisotopic (exact) mass is 349 g/mol. The molecule has 0 aliphatic carbocycles. The topological polar surface area (TPSA) is 37.4 Å². The minimum absolute atomic E-state index is 0.0535. The van der Waals surface area contributed by atoms with E-state index in [1.54, 1.807) is 6.20 Å². The van der Waals surface area contributed by atoms with E-state index in [0.29, 0.717) is 12.8 Å². The first-order valence-corrected chi connectivity index (χ1v) is 10.8. The molecule has 0 bridgehead atoms. The molecule has 1 rings (SSSR count). The van der Waals surface area contributed by atoms with Gasteiger partial charge in [-0.1, -0.05) is 96.5 Å². The first kappa shape index (κ1) is 21.9. The molecule has 3 heteroatoms. The summed E-state index contributed by atoms with van der Waals surface area (Å²) in [5.41, 5.74) is 0. The summed E-state index contributed by atoms with van der Waals surface area (Å²) >= 11 is 0. The number of hydrogen-bond donors (Lipinski definition) is 0. The zero-order valence-electron chi connectivity index (χ0n) is 16.4. The minimum Gasteiger partial charge on any atom is -0.274 e. The normalized spacial score (nSPS) is 15.0. The smallest absolute Gasteiger partial charge is 0.233 e. The van der Waals surface area contributed by atoms with Crippen molar-refractivity contribution in [2.45, 2.75) is 116 Å². The number of carbonyl (C=O) groups is 2. The Morgan fingerprint density at radius 2 is 1.08 bits per heavy atom. The molecule has 0 saturated carbocycles. The predicted molar refractivity (Wildman–Crippen MR) is 105 cm³/mol. The number of hydrogen-bond acceptors (Lipinski definition) is 2. The molecule has 1 aliphatic heterocycles. The van der Waals surface area contributed by atoms with Crippen LogP contribution in [-0.2, 0) is 9.59 Å². The van der Waals surface area contributed by atoms with E-state index in [2.05, 4.69) is 6.92 Å².